The predicted octanol–water partition coefficient (Wildman–Crippen LogP) is 3.75. The van der Waals surface area contributed by atoms with Crippen molar-refractivity contribution in [3.05, 3.63) is 71.7 Å². The van der Waals surface area contributed by atoms with E-state index < -0.39 is 5.92 Å². The second-order valence-electron chi connectivity index (χ2n) is 7.39. The summed E-state index contributed by atoms with van der Waals surface area (Å²) in [5.41, 5.74) is 3.50. The van der Waals surface area contributed by atoms with E-state index >= 15 is 0 Å². The Labute approximate surface area is 177 Å². The molecule has 1 fully saturated rings. The summed E-state index contributed by atoms with van der Waals surface area (Å²) in [4.78, 5) is 27.1. The van der Waals surface area contributed by atoms with Crippen molar-refractivity contribution in [2.75, 3.05) is 16.8 Å². The highest BCUT2D eigenvalue weighted by Crippen LogP contribution is 2.36. The van der Waals surface area contributed by atoms with Crippen molar-refractivity contribution in [1.29, 1.82) is 0 Å². The van der Waals surface area contributed by atoms with Crippen LogP contribution >= 0.6 is 11.8 Å². The molecule has 152 valence electrons. The first-order valence-electron chi connectivity index (χ1n) is 9.71. The number of aromatic nitrogens is 2. The fourth-order valence-corrected chi connectivity index (χ4v) is 4.90. The van der Waals surface area contributed by atoms with Crippen LogP contribution < -0.4 is 10.2 Å². The molecule has 1 N–H and O–H groups in total. The first kappa shape index (κ1) is 18.9. The fraction of sp³-hybridized carbons (Fsp3) is 0.227. The maximum Gasteiger partial charge on any atom is 0.230 e. The van der Waals surface area contributed by atoms with Gasteiger partial charge in [-0.15, -0.1) is 0 Å². The van der Waals surface area contributed by atoms with Gasteiger partial charge in [0.2, 0.25) is 11.8 Å². The number of thioether (sulfide) groups is 1. The Bertz CT molecular complexity index is 1110. The summed E-state index contributed by atoms with van der Waals surface area (Å²) in [5.74, 6) is 1.11. The number of halogens is 1. The summed E-state index contributed by atoms with van der Waals surface area (Å²) in [7, 11) is 0. The lowest BCUT2D eigenvalue weighted by Gasteiger charge is -2.17. The lowest BCUT2D eigenvalue weighted by Crippen LogP contribution is -2.28. The van der Waals surface area contributed by atoms with Gasteiger partial charge in [0.1, 0.15) is 11.6 Å². The van der Waals surface area contributed by atoms with Gasteiger partial charge in [-0.1, -0.05) is 18.2 Å². The van der Waals surface area contributed by atoms with Crippen molar-refractivity contribution in [3.63, 3.8) is 0 Å². The van der Waals surface area contributed by atoms with Gasteiger partial charge in [0.25, 0.3) is 0 Å². The van der Waals surface area contributed by atoms with Crippen LogP contribution in [0.15, 0.2) is 54.6 Å². The van der Waals surface area contributed by atoms with E-state index in [2.05, 4.69) is 5.32 Å². The topological polar surface area (TPSA) is 67.2 Å². The molecule has 30 heavy (non-hydrogen) atoms. The van der Waals surface area contributed by atoms with Gasteiger partial charge in [0.15, 0.2) is 0 Å². The van der Waals surface area contributed by atoms with E-state index in [0.29, 0.717) is 11.5 Å². The summed E-state index contributed by atoms with van der Waals surface area (Å²) in [5, 5.41) is 7.74. The molecular weight excluding hydrogens is 403 g/mol. The molecule has 5 rings (SSSR count). The molecule has 6 nitrogen and oxygen atoms in total. The molecule has 2 aliphatic heterocycles. The number of hydrogen-bond acceptors (Lipinski definition) is 4. The Morgan fingerprint density at radius 2 is 1.83 bits per heavy atom. The van der Waals surface area contributed by atoms with Crippen LogP contribution in [-0.4, -0.2) is 28.1 Å². The minimum Gasteiger partial charge on any atom is -0.312 e. The van der Waals surface area contributed by atoms with Gasteiger partial charge in [0, 0.05) is 35.7 Å². The van der Waals surface area contributed by atoms with Crippen molar-refractivity contribution in [3.8, 4) is 5.69 Å². The van der Waals surface area contributed by atoms with Crippen LogP contribution in [0.2, 0.25) is 0 Å². The Morgan fingerprint density at radius 3 is 2.60 bits per heavy atom. The second-order valence-corrected chi connectivity index (χ2v) is 8.37. The number of benzene rings is 2. The Kier molecular flexibility index (Phi) is 4.78. The number of para-hydroxylation sites is 1. The molecule has 0 spiro atoms. The van der Waals surface area contributed by atoms with Crippen molar-refractivity contribution >= 4 is 35.1 Å². The molecule has 8 heteroatoms. The summed E-state index contributed by atoms with van der Waals surface area (Å²) >= 11 is 1.77. The standard InChI is InChI=1S/C22H19FN4O2S/c23-15-6-8-16(9-7-15)26-11-14(10-20(26)28)22(29)24-21-18-12-30-13-19(18)25-27(21)17-4-2-1-3-5-17/h1-9,14H,10-13H2,(H,24,29). The van der Waals surface area contributed by atoms with Gasteiger partial charge < -0.3 is 10.2 Å². The SMILES string of the molecule is O=C(Nc1c2c(nn1-c1ccccc1)CSC2)C1CC(=O)N(c2ccc(F)cc2)C1. The molecule has 2 aliphatic rings. The average molecular weight is 422 g/mol. The molecule has 0 aliphatic carbocycles. The number of fused-ring (bicyclic) bond motifs is 1. The minimum atomic E-state index is -0.480. The number of hydrogen-bond donors (Lipinski definition) is 1. The number of nitrogens with one attached hydrogen (secondary N) is 1. The lowest BCUT2D eigenvalue weighted by molar-refractivity contribution is -0.122. The monoisotopic (exact) mass is 422 g/mol. The molecule has 3 heterocycles. The Hall–Kier alpha value is -3.13. The number of carbonyl (C=O) groups is 2. The smallest absolute Gasteiger partial charge is 0.230 e. The third kappa shape index (κ3) is 3.37. The van der Waals surface area contributed by atoms with Gasteiger partial charge in [-0.3, -0.25) is 9.59 Å². The molecule has 1 saturated heterocycles. The van der Waals surface area contributed by atoms with Gasteiger partial charge >= 0.3 is 0 Å². The van der Waals surface area contributed by atoms with E-state index in [1.54, 1.807) is 33.5 Å². The zero-order valence-electron chi connectivity index (χ0n) is 16.0. The number of carbonyl (C=O) groups excluding carboxylic acids is 2. The largest absolute Gasteiger partial charge is 0.312 e. The quantitative estimate of drug-likeness (QED) is 0.695. The highest BCUT2D eigenvalue weighted by Gasteiger charge is 2.36. The van der Waals surface area contributed by atoms with Gasteiger partial charge in [-0.2, -0.15) is 16.9 Å². The third-order valence-corrected chi connectivity index (χ3v) is 6.40. The van der Waals surface area contributed by atoms with Crippen LogP contribution in [0.5, 0.6) is 0 Å². The summed E-state index contributed by atoms with van der Waals surface area (Å²) in [6.45, 7) is 0.271. The van der Waals surface area contributed by atoms with Crippen LogP contribution in [0.1, 0.15) is 17.7 Å². The van der Waals surface area contributed by atoms with Crippen molar-refractivity contribution in [2.24, 2.45) is 5.92 Å². The highest BCUT2D eigenvalue weighted by atomic mass is 32.2. The normalized spacial score (nSPS) is 18.0. The first-order chi connectivity index (χ1) is 14.6. The molecule has 1 aromatic heterocycles. The molecule has 0 saturated carbocycles. The molecule has 1 unspecified atom stereocenters. The zero-order chi connectivity index (χ0) is 20.7. The van der Waals surface area contributed by atoms with E-state index in [0.717, 1.165) is 28.5 Å². The van der Waals surface area contributed by atoms with E-state index in [4.69, 9.17) is 5.10 Å². The molecule has 2 amide bonds. The van der Waals surface area contributed by atoms with E-state index in [-0.39, 0.29) is 30.6 Å². The van der Waals surface area contributed by atoms with Crippen LogP contribution in [0.3, 0.4) is 0 Å². The highest BCUT2D eigenvalue weighted by molar-refractivity contribution is 7.98. The Morgan fingerprint density at radius 1 is 1.07 bits per heavy atom. The number of nitrogens with zero attached hydrogens (tertiary/aromatic N) is 3. The van der Waals surface area contributed by atoms with Gasteiger partial charge in [0.05, 0.1) is 17.3 Å². The van der Waals surface area contributed by atoms with Gasteiger partial charge in [-0.25, -0.2) is 9.07 Å². The molecule has 0 bridgehead atoms. The zero-order valence-corrected chi connectivity index (χ0v) is 16.9. The summed E-state index contributed by atoms with van der Waals surface area (Å²) in [6, 6.07) is 15.4. The molecular formula is C22H19FN4O2S. The van der Waals surface area contributed by atoms with Gasteiger partial charge in [-0.05, 0) is 36.4 Å². The number of rotatable bonds is 4. The molecule has 3 aromatic rings. The summed E-state index contributed by atoms with van der Waals surface area (Å²) < 4.78 is 15.0. The van der Waals surface area contributed by atoms with Crippen LogP contribution in [-0.2, 0) is 21.1 Å². The molecule has 2 aromatic carbocycles. The third-order valence-electron chi connectivity index (χ3n) is 5.43. The second kappa shape index (κ2) is 7.60. The number of amides is 2. The van der Waals surface area contributed by atoms with E-state index in [9.17, 15) is 14.0 Å². The lowest BCUT2D eigenvalue weighted by atomic mass is 10.1. The summed E-state index contributed by atoms with van der Waals surface area (Å²) in [6.07, 6.45) is 0.125. The first-order valence-corrected chi connectivity index (χ1v) is 10.9. The average Bonchev–Trinajstić information content (AvgIpc) is 3.45. The maximum absolute atomic E-state index is 13.2. The molecule has 0 radical (unpaired) electrons. The predicted molar refractivity (Wildman–Crippen MR) is 114 cm³/mol. The molecule has 1 atom stereocenters. The van der Waals surface area contributed by atoms with E-state index in [1.165, 1.54) is 12.1 Å². The fourth-order valence-electron chi connectivity index (χ4n) is 3.87. The van der Waals surface area contributed by atoms with Crippen LogP contribution in [0, 0.1) is 11.7 Å². The minimum absolute atomic E-state index is 0.125. The van der Waals surface area contributed by atoms with Crippen molar-refractivity contribution in [1.82, 2.24) is 9.78 Å². The van der Waals surface area contributed by atoms with E-state index in [1.807, 2.05) is 30.3 Å². The van der Waals surface area contributed by atoms with Crippen LogP contribution in [0.4, 0.5) is 15.9 Å². The maximum atomic E-state index is 13.2. The van der Waals surface area contributed by atoms with Crippen molar-refractivity contribution < 1.29 is 14.0 Å². The number of anilines is 2. The Balaban J connectivity index is 1.39. The van der Waals surface area contributed by atoms with Crippen LogP contribution in [0.25, 0.3) is 5.69 Å². The van der Waals surface area contributed by atoms with Crippen molar-refractivity contribution in [2.45, 2.75) is 17.9 Å².